The summed E-state index contributed by atoms with van der Waals surface area (Å²) in [6.07, 6.45) is 6.03. The summed E-state index contributed by atoms with van der Waals surface area (Å²) < 4.78 is 6.62. The first-order chi connectivity index (χ1) is 9.79. The van der Waals surface area contributed by atoms with Crippen molar-refractivity contribution in [1.29, 1.82) is 0 Å². The molecule has 3 heteroatoms. The number of halogens is 1. The Labute approximate surface area is 129 Å². The minimum absolute atomic E-state index is 0.485. The molecular formula is C17H22BrNO. The fraction of sp³-hybridized carbons (Fsp3) is 0.412. The van der Waals surface area contributed by atoms with Gasteiger partial charge in [-0.1, -0.05) is 41.1 Å². The molecule has 20 heavy (non-hydrogen) atoms. The zero-order valence-corrected chi connectivity index (χ0v) is 13.5. The summed E-state index contributed by atoms with van der Waals surface area (Å²) >= 11 is 3.64. The Morgan fingerprint density at radius 1 is 1.20 bits per heavy atom. The first-order valence-corrected chi connectivity index (χ1v) is 8.08. The van der Waals surface area contributed by atoms with E-state index in [-0.39, 0.29) is 0 Å². The third-order valence-corrected chi connectivity index (χ3v) is 4.20. The molecule has 108 valence electrons. The maximum Gasteiger partial charge on any atom is 0.103 e. The van der Waals surface area contributed by atoms with Gasteiger partial charge in [-0.25, -0.2) is 0 Å². The van der Waals surface area contributed by atoms with E-state index in [1.165, 1.54) is 10.0 Å². The van der Waals surface area contributed by atoms with Crippen molar-refractivity contribution in [2.45, 2.75) is 38.6 Å². The predicted octanol–water partition coefficient (Wildman–Crippen LogP) is 4.59. The molecule has 0 radical (unpaired) electrons. The molecule has 1 aromatic carbocycles. The van der Waals surface area contributed by atoms with Gasteiger partial charge in [-0.05, 0) is 49.6 Å². The topological polar surface area (TPSA) is 25.2 Å². The molecule has 2 aromatic rings. The van der Waals surface area contributed by atoms with E-state index in [4.69, 9.17) is 4.42 Å². The molecule has 2 nitrogen and oxygen atoms in total. The average molecular weight is 336 g/mol. The first-order valence-electron chi connectivity index (χ1n) is 7.28. The van der Waals surface area contributed by atoms with Crippen molar-refractivity contribution in [3.63, 3.8) is 0 Å². The Kier molecular flexibility index (Phi) is 6.34. The number of hydrogen-bond acceptors (Lipinski definition) is 2. The highest BCUT2D eigenvalue weighted by Gasteiger charge is 2.11. The summed E-state index contributed by atoms with van der Waals surface area (Å²) in [6, 6.07) is 13.0. The van der Waals surface area contributed by atoms with E-state index >= 15 is 0 Å². The van der Waals surface area contributed by atoms with Crippen LogP contribution in [-0.4, -0.2) is 12.6 Å². The van der Waals surface area contributed by atoms with Crippen LogP contribution >= 0.6 is 15.9 Å². The van der Waals surface area contributed by atoms with Crippen LogP contribution in [0.5, 0.6) is 0 Å². The Balaban J connectivity index is 1.94. The molecule has 1 atom stereocenters. The van der Waals surface area contributed by atoms with Crippen molar-refractivity contribution in [3.05, 3.63) is 58.5 Å². The van der Waals surface area contributed by atoms with Crippen LogP contribution in [0, 0.1) is 0 Å². The van der Waals surface area contributed by atoms with Crippen molar-refractivity contribution in [3.8, 4) is 0 Å². The molecule has 0 saturated carbocycles. The van der Waals surface area contributed by atoms with Crippen LogP contribution < -0.4 is 5.32 Å². The second-order valence-corrected chi connectivity index (χ2v) is 5.92. The molecule has 0 aliphatic rings. The Morgan fingerprint density at radius 2 is 2.05 bits per heavy atom. The zero-order valence-electron chi connectivity index (χ0n) is 11.9. The van der Waals surface area contributed by atoms with Gasteiger partial charge in [0, 0.05) is 16.9 Å². The van der Waals surface area contributed by atoms with Crippen LogP contribution in [-0.2, 0) is 12.8 Å². The Hall–Kier alpha value is -1.06. The second kappa shape index (κ2) is 8.28. The van der Waals surface area contributed by atoms with Crippen LogP contribution in [0.15, 0.2) is 51.6 Å². The van der Waals surface area contributed by atoms with E-state index in [0.717, 1.165) is 38.0 Å². The van der Waals surface area contributed by atoms with E-state index in [1.807, 2.05) is 6.07 Å². The highest BCUT2D eigenvalue weighted by Crippen LogP contribution is 2.19. The van der Waals surface area contributed by atoms with E-state index in [2.05, 4.69) is 58.5 Å². The summed E-state index contributed by atoms with van der Waals surface area (Å²) in [6.45, 7) is 3.27. The summed E-state index contributed by atoms with van der Waals surface area (Å²) in [7, 11) is 0. The Morgan fingerprint density at radius 3 is 2.75 bits per heavy atom. The molecule has 0 spiro atoms. The molecule has 1 unspecified atom stereocenters. The van der Waals surface area contributed by atoms with Crippen LogP contribution in [0.2, 0.25) is 0 Å². The van der Waals surface area contributed by atoms with Gasteiger partial charge >= 0.3 is 0 Å². The van der Waals surface area contributed by atoms with Gasteiger partial charge in [0.25, 0.3) is 0 Å². The summed E-state index contributed by atoms with van der Waals surface area (Å²) in [5.41, 5.74) is 1.36. The van der Waals surface area contributed by atoms with Crippen molar-refractivity contribution >= 4 is 15.9 Å². The first kappa shape index (κ1) is 15.3. The lowest BCUT2D eigenvalue weighted by Gasteiger charge is -2.19. The minimum atomic E-state index is 0.485. The molecule has 0 aliphatic heterocycles. The number of benzene rings is 1. The molecule has 1 heterocycles. The maximum atomic E-state index is 5.43. The van der Waals surface area contributed by atoms with Crippen LogP contribution in [0.25, 0.3) is 0 Å². The van der Waals surface area contributed by atoms with Crippen molar-refractivity contribution in [2.75, 3.05) is 6.54 Å². The molecule has 0 bridgehead atoms. The SMILES string of the molecule is CCCNC(CCc1ccco1)Cc1ccccc1Br. The molecule has 1 aromatic heterocycles. The third-order valence-electron chi connectivity index (χ3n) is 3.43. The van der Waals surface area contributed by atoms with Crippen molar-refractivity contribution < 1.29 is 4.42 Å². The maximum absolute atomic E-state index is 5.43. The van der Waals surface area contributed by atoms with Gasteiger partial charge < -0.3 is 9.73 Å². The largest absolute Gasteiger partial charge is 0.469 e. The highest BCUT2D eigenvalue weighted by molar-refractivity contribution is 9.10. The van der Waals surface area contributed by atoms with Crippen LogP contribution in [0.4, 0.5) is 0 Å². The summed E-state index contributed by atoms with van der Waals surface area (Å²) in [5, 5.41) is 3.65. The molecular weight excluding hydrogens is 314 g/mol. The number of aryl methyl sites for hydroxylation is 1. The third kappa shape index (κ3) is 4.80. The summed E-state index contributed by atoms with van der Waals surface area (Å²) in [4.78, 5) is 0. The highest BCUT2D eigenvalue weighted by atomic mass is 79.9. The van der Waals surface area contributed by atoms with Gasteiger partial charge in [-0.2, -0.15) is 0 Å². The molecule has 0 saturated heterocycles. The normalized spacial score (nSPS) is 12.5. The lowest BCUT2D eigenvalue weighted by molar-refractivity contribution is 0.441. The van der Waals surface area contributed by atoms with Gasteiger partial charge in [0.15, 0.2) is 0 Å². The molecule has 1 N–H and O–H groups in total. The van der Waals surface area contributed by atoms with Gasteiger partial charge in [0.1, 0.15) is 5.76 Å². The zero-order chi connectivity index (χ0) is 14.2. The molecule has 0 fully saturated rings. The summed E-state index contributed by atoms with van der Waals surface area (Å²) in [5.74, 6) is 1.07. The van der Waals surface area contributed by atoms with E-state index in [9.17, 15) is 0 Å². The quantitative estimate of drug-likeness (QED) is 0.763. The van der Waals surface area contributed by atoms with E-state index in [1.54, 1.807) is 6.26 Å². The Bertz CT molecular complexity index is 495. The lowest BCUT2D eigenvalue weighted by Crippen LogP contribution is -2.32. The van der Waals surface area contributed by atoms with Gasteiger partial charge in [0.2, 0.25) is 0 Å². The molecule has 0 aliphatic carbocycles. The lowest BCUT2D eigenvalue weighted by atomic mass is 10.0. The number of furan rings is 1. The van der Waals surface area contributed by atoms with Gasteiger partial charge in [0.05, 0.1) is 6.26 Å². The number of hydrogen-bond donors (Lipinski definition) is 1. The van der Waals surface area contributed by atoms with Crippen molar-refractivity contribution in [1.82, 2.24) is 5.32 Å². The molecule has 2 rings (SSSR count). The van der Waals surface area contributed by atoms with Crippen molar-refractivity contribution in [2.24, 2.45) is 0 Å². The monoisotopic (exact) mass is 335 g/mol. The second-order valence-electron chi connectivity index (χ2n) is 5.06. The van der Waals surface area contributed by atoms with Gasteiger partial charge in [-0.3, -0.25) is 0 Å². The number of rotatable bonds is 8. The van der Waals surface area contributed by atoms with Crippen LogP contribution in [0.3, 0.4) is 0 Å². The van der Waals surface area contributed by atoms with E-state index < -0.39 is 0 Å². The standard InChI is InChI=1S/C17H22BrNO/c1-2-11-19-15(9-10-16-7-5-12-20-16)13-14-6-3-4-8-17(14)18/h3-8,12,15,19H,2,9-11,13H2,1H3. The van der Waals surface area contributed by atoms with E-state index in [0.29, 0.717) is 6.04 Å². The smallest absolute Gasteiger partial charge is 0.103 e. The average Bonchev–Trinajstić information content (AvgIpc) is 2.97. The van der Waals surface area contributed by atoms with Gasteiger partial charge in [-0.15, -0.1) is 0 Å². The fourth-order valence-electron chi connectivity index (χ4n) is 2.33. The van der Waals surface area contributed by atoms with Crippen LogP contribution in [0.1, 0.15) is 31.1 Å². The fourth-order valence-corrected chi connectivity index (χ4v) is 2.77. The molecule has 0 amide bonds. The predicted molar refractivity (Wildman–Crippen MR) is 87.0 cm³/mol. The minimum Gasteiger partial charge on any atom is -0.469 e. The number of nitrogens with one attached hydrogen (secondary N) is 1.